The predicted octanol–water partition coefficient (Wildman–Crippen LogP) is 4.07. The Labute approximate surface area is 207 Å². The highest BCUT2D eigenvalue weighted by atomic mass is 16.6. The number of unbranched alkanes of at least 4 members (excludes halogenated alkanes) is 1. The maximum Gasteiger partial charge on any atom is 0.306 e. The fraction of sp³-hybridized carbons (Fsp3) is 0.741. The van der Waals surface area contributed by atoms with E-state index in [9.17, 15) is 25.4 Å². The highest BCUT2D eigenvalue weighted by molar-refractivity contribution is 6.05. The van der Waals surface area contributed by atoms with Gasteiger partial charge in [0.25, 0.3) is 0 Å². The number of aliphatic hydroxyl groups is 2. The molecule has 194 valence electrons. The van der Waals surface area contributed by atoms with Crippen molar-refractivity contribution in [3.63, 3.8) is 0 Å². The van der Waals surface area contributed by atoms with Crippen LogP contribution >= 0.6 is 0 Å². The lowest BCUT2D eigenvalue weighted by atomic mass is 9.44. The van der Waals surface area contributed by atoms with Crippen molar-refractivity contribution in [2.75, 3.05) is 6.61 Å². The van der Waals surface area contributed by atoms with E-state index in [0.717, 1.165) is 19.3 Å². The molecule has 3 saturated carbocycles. The average Bonchev–Trinajstić information content (AvgIpc) is 3.10. The van der Waals surface area contributed by atoms with Gasteiger partial charge in [-0.15, -0.1) is 0 Å². The number of nitrogens with zero attached hydrogens (tertiary/aromatic N) is 2. The summed E-state index contributed by atoms with van der Waals surface area (Å²) in [5.41, 5.74) is -0.575. The predicted molar refractivity (Wildman–Crippen MR) is 131 cm³/mol. The zero-order valence-corrected chi connectivity index (χ0v) is 21.3. The first kappa shape index (κ1) is 25.9. The van der Waals surface area contributed by atoms with E-state index in [4.69, 9.17) is 4.74 Å². The lowest BCUT2D eigenvalue weighted by molar-refractivity contribution is -0.182. The van der Waals surface area contributed by atoms with Crippen LogP contribution < -0.4 is 0 Å². The summed E-state index contributed by atoms with van der Waals surface area (Å²) >= 11 is 0. The second-order valence-electron chi connectivity index (χ2n) is 11.5. The fourth-order valence-corrected chi connectivity index (χ4v) is 8.32. The molecule has 0 aromatic carbocycles. The second-order valence-corrected chi connectivity index (χ2v) is 11.5. The van der Waals surface area contributed by atoms with E-state index in [0.29, 0.717) is 25.0 Å². The summed E-state index contributed by atoms with van der Waals surface area (Å²) in [5, 5.41) is 47.8. The summed E-state index contributed by atoms with van der Waals surface area (Å²) in [4.78, 5) is 12.9. The van der Waals surface area contributed by atoms with Crippen LogP contribution in [0, 0.1) is 34.5 Å². The van der Waals surface area contributed by atoms with Crippen LogP contribution in [0.5, 0.6) is 0 Å². The summed E-state index contributed by atoms with van der Waals surface area (Å²) in [6.07, 6.45) is 9.37. The molecule has 3 fully saturated rings. The van der Waals surface area contributed by atoms with Crippen molar-refractivity contribution in [2.24, 2.45) is 44.8 Å². The molecule has 8 heteroatoms. The molecule has 0 aliphatic heterocycles. The Hall–Kier alpha value is -2.19. The van der Waals surface area contributed by atoms with Gasteiger partial charge in [-0.1, -0.05) is 56.1 Å². The van der Waals surface area contributed by atoms with Crippen LogP contribution in [0.3, 0.4) is 0 Å². The van der Waals surface area contributed by atoms with Crippen molar-refractivity contribution in [2.45, 2.75) is 84.3 Å². The van der Waals surface area contributed by atoms with Gasteiger partial charge in [-0.2, -0.15) is 0 Å². The Morgan fingerprint density at radius 1 is 1.29 bits per heavy atom. The molecule has 8 nitrogen and oxygen atoms in total. The van der Waals surface area contributed by atoms with Crippen LogP contribution in [-0.2, 0) is 9.53 Å². The minimum Gasteiger partial charge on any atom is -0.452 e. The van der Waals surface area contributed by atoms with Crippen LogP contribution in [0.15, 0.2) is 34.1 Å². The molecule has 4 aliphatic carbocycles. The third-order valence-corrected chi connectivity index (χ3v) is 9.82. The summed E-state index contributed by atoms with van der Waals surface area (Å²) in [6.45, 7) is 7.85. The molecule has 0 unspecified atom stereocenters. The van der Waals surface area contributed by atoms with Crippen LogP contribution in [0.4, 0.5) is 0 Å². The number of hydrogen-bond donors (Lipinski definition) is 4. The van der Waals surface area contributed by atoms with Crippen molar-refractivity contribution in [3.05, 3.63) is 23.8 Å². The first-order valence-electron chi connectivity index (χ1n) is 13.0. The van der Waals surface area contributed by atoms with Gasteiger partial charge < -0.3 is 25.4 Å². The summed E-state index contributed by atoms with van der Waals surface area (Å²) in [7, 11) is 0. The van der Waals surface area contributed by atoms with Gasteiger partial charge in [-0.05, 0) is 62.0 Å². The third-order valence-electron chi connectivity index (χ3n) is 9.82. The molecule has 8 atom stereocenters. The number of fused-ring (bicyclic) bond motifs is 5. The van der Waals surface area contributed by atoms with Crippen LogP contribution in [-0.4, -0.2) is 56.3 Å². The van der Waals surface area contributed by atoms with Crippen molar-refractivity contribution < 1.29 is 30.2 Å². The number of allylic oxidation sites excluding steroid dienone is 4. The lowest BCUT2D eigenvalue weighted by Crippen LogP contribution is -2.63. The molecule has 0 aromatic rings. The number of esters is 1. The maximum atomic E-state index is 12.9. The minimum absolute atomic E-state index is 0.0465. The Morgan fingerprint density at radius 2 is 2.03 bits per heavy atom. The zero-order chi connectivity index (χ0) is 25.6. The molecule has 4 rings (SSSR count). The molecule has 4 aliphatic rings. The van der Waals surface area contributed by atoms with Crippen molar-refractivity contribution in [1.29, 1.82) is 0 Å². The zero-order valence-electron chi connectivity index (χ0n) is 21.3. The summed E-state index contributed by atoms with van der Waals surface area (Å²) in [5.74, 6) is 0.0617. The Kier molecular flexibility index (Phi) is 6.92. The van der Waals surface area contributed by atoms with Crippen LogP contribution in [0.25, 0.3) is 0 Å². The van der Waals surface area contributed by atoms with Crippen molar-refractivity contribution in [3.8, 4) is 0 Å². The van der Waals surface area contributed by atoms with E-state index in [1.54, 1.807) is 0 Å². The minimum atomic E-state index is -1.25. The largest absolute Gasteiger partial charge is 0.452 e. The summed E-state index contributed by atoms with van der Waals surface area (Å²) < 4.78 is 6.16. The number of carbonyl (C=O) groups is 1. The third kappa shape index (κ3) is 3.75. The van der Waals surface area contributed by atoms with Crippen LogP contribution in [0.1, 0.15) is 72.6 Å². The number of ether oxygens (including phenoxy) is 1. The average molecular weight is 489 g/mol. The van der Waals surface area contributed by atoms with Gasteiger partial charge in [0.05, 0.1) is 12.7 Å². The van der Waals surface area contributed by atoms with E-state index >= 15 is 0 Å². The van der Waals surface area contributed by atoms with Gasteiger partial charge in [0.1, 0.15) is 11.4 Å². The molecular formula is C27H40N2O6. The van der Waals surface area contributed by atoms with E-state index in [2.05, 4.69) is 30.2 Å². The van der Waals surface area contributed by atoms with Gasteiger partial charge >= 0.3 is 5.97 Å². The quantitative estimate of drug-likeness (QED) is 0.193. The standard InChI is InChI=1S/C27H40N2O6/c1-5-6-7-23(32)35-27(22(15-30)29-34)11-9-19-18-12-16(2)20-13-17(28-33)8-10-25(20,3)24(18)21(31)14-26(19,27)4/h8,10,13,16,18-19,21,24,30-31,33-34H,5-7,9,11-12,14-15H2,1-4H3/b28-17+,29-22+/t16-,18-,19-,21-,24+,25-,26-,27-/m0/s1. The Morgan fingerprint density at radius 3 is 2.66 bits per heavy atom. The number of hydrogen-bond acceptors (Lipinski definition) is 8. The first-order valence-corrected chi connectivity index (χ1v) is 13.0. The number of rotatable bonds is 6. The highest BCUT2D eigenvalue weighted by Gasteiger charge is 2.70. The van der Waals surface area contributed by atoms with Crippen molar-refractivity contribution in [1.82, 2.24) is 0 Å². The fourth-order valence-electron chi connectivity index (χ4n) is 8.32. The van der Waals surface area contributed by atoms with E-state index in [1.807, 2.05) is 26.0 Å². The normalized spacial score (nSPS) is 43.8. The Bertz CT molecular complexity index is 973. The topological polar surface area (TPSA) is 132 Å². The molecule has 0 bridgehead atoms. The van der Waals surface area contributed by atoms with Gasteiger partial charge in [-0.25, -0.2) is 0 Å². The van der Waals surface area contributed by atoms with E-state index in [-0.39, 0.29) is 47.2 Å². The molecule has 0 spiro atoms. The number of aliphatic hydroxyl groups excluding tert-OH is 2. The maximum absolute atomic E-state index is 12.9. The van der Waals surface area contributed by atoms with Gasteiger partial charge in [0.15, 0.2) is 5.60 Å². The summed E-state index contributed by atoms with van der Waals surface area (Å²) in [6, 6.07) is 0. The molecular weight excluding hydrogens is 448 g/mol. The van der Waals surface area contributed by atoms with Gasteiger partial charge in [-0.3, -0.25) is 4.79 Å². The molecule has 0 amide bonds. The molecule has 0 heterocycles. The number of oxime groups is 2. The second kappa shape index (κ2) is 9.36. The SMILES string of the molecule is CCCCC(=O)O[C@]1(/C(CO)=N/O)CC[C@H]2[C@@H]3C[C@H](C)C4=C/C(=N/O)C=C[C@]4(C)[C@H]3[C@@H](O)C[C@@]21C. The molecule has 0 radical (unpaired) electrons. The molecule has 4 N–H and O–H groups in total. The number of carbonyl (C=O) groups excluding carboxylic acids is 1. The first-order chi connectivity index (χ1) is 16.6. The lowest BCUT2D eigenvalue weighted by Gasteiger charge is -2.61. The van der Waals surface area contributed by atoms with Crippen LogP contribution in [0.2, 0.25) is 0 Å². The van der Waals surface area contributed by atoms with Crippen molar-refractivity contribution >= 4 is 17.4 Å². The Balaban J connectivity index is 1.76. The van der Waals surface area contributed by atoms with Gasteiger partial charge in [0.2, 0.25) is 0 Å². The monoisotopic (exact) mass is 488 g/mol. The van der Waals surface area contributed by atoms with E-state index in [1.165, 1.54) is 5.57 Å². The molecule has 0 saturated heterocycles. The molecule has 0 aromatic heterocycles. The molecule has 35 heavy (non-hydrogen) atoms. The smallest absolute Gasteiger partial charge is 0.306 e. The van der Waals surface area contributed by atoms with Gasteiger partial charge in [0, 0.05) is 23.2 Å². The van der Waals surface area contributed by atoms with E-state index < -0.39 is 23.7 Å². The highest BCUT2D eigenvalue weighted by Crippen LogP contribution is 2.68.